The number of nitrogens with one attached hydrogen (secondary N) is 2. The van der Waals surface area contributed by atoms with E-state index in [9.17, 15) is 14.4 Å². The number of hydrogen-bond donors (Lipinski definition) is 2. The maximum atomic E-state index is 13.5. The molecule has 37 heavy (non-hydrogen) atoms. The van der Waals surface area contributed by atoms with Crippen LogP contribution in [0, 0.1) is 0 Å². The van der Waals surface area contributed by atoms with Gasteiger partial charge in [0.1, 0.15) is 11.6 Å². The highest BCUT2D eigenvalue weighted by atomic mass is 16.2. The molecule has 8 nitrogen and oxygen atoms in total. The van der Waals surface area contributed by atoms with Gasteiger partial charge in [-0.05, 0) is 37.1 Å². The number of nitrogens with zero attached hydrogens (tertiary/aromatic N) is 3. The number of aromatic nitrogens is 3. The molecule has 0 radical (unpaired) electrons. The number of benzene rings is 2. The summed E-state index contributed by atoms with van der Waals surface area (Å²) in [7, 11) is 0. The average molecular weight is 496 g/mol. The fraction of sp³-hybridized carbons (Fsp3) is 0.207. The molecule has 0 aliphatic rings. The Balaban J connectivity index is 1.50. The van der Waals surface area contributed by atoms with Gasteiger partial charge in [-0.25, -0.2) is 0 Å². The summed E-state index contributed by atoms with van der Waals surface area (Å²) in [4.78, 5) is 43.5. The fourth-order valence-electron chi connectivity index (χ4n) is 3.83. The van der Waals surface area contributed by atoms with Gasteiger partial charge in [-0.15, -0.1) is 0 Å². The van der Waals surface area contributed by atoms with Gasteiger partial charge in [-0.1, -0.05) is 66.7 Å². The van der Waals surface area contributed by atoms with Gasteiger partial charge < -0.3 is 10.6 Å². The Morgan fingerprint density at radius 2 is 1.57 bits per heavy atom. The number of pyridine rings is 1. The predicted molar refractivity (Wildman–Crippen MR) is 140 cm³/mol. The first-order valence-corrected chi connectivity index (χ1v) is 12.0. The van der Waals surface area contributed by atoms with Crippen LogP contribution in [0.5, 0.6) is 0 Å². The summed E-state index contributed by atoms with van der Waals surface area (Å²) in [6.45, 7) is 3.54. The molecular formula is C29H29N5O3. The summed E-state index contributed by atoms with van der Waals surface area (Å²) in [5, 5.41) is 9.82. The van der Waals surface area contributed by atoms with Crippen molar-refractivity contribution in [2.24, 2.45) is 0 Å². The van der Waals surface area contributed by atoms with Gasteiger partial charge in [0, 0.05) is 24.4 Å². The number of rotatable bonds is 10. The number of amides is 2. The second-order valence-corrected chi connectivity index (χ2v) is 9.18. The van der Waals surface area contributed by atoms with Gasteiger partial charge in [-0.2, -0.15) is 5.10 Å². The molecule has 0 aliphatic heterocycles. The van der Waals surface area contributed by atoms with Crippen LogP contribution in [0.2, 0.25) is 0 Å². The van der Waals surface area contributed by atoms with Gasteiger partial charge in [0.05, 0.1) is 18.4 Å². The van der Waals surface area contributed by atoms with Gasteiger partial charge in [0.15, 0.2) is 0 Å². The Kier molecular flexibility index (Phi) is 7.88. The molecule has 1 atom stereocenters. The lowest BCUT2D eigenvalue weighted by molar-refractivity contribution is -0.141. The van der Waals surface area contributed by atoms with Crippen LogP contribution in [0.4, 0.5) is 0 Å². The highest BCUT2D eigenvalue weighted by Crippen LogP contribution is 2.22. The van der Waals surface area contributed by atoms with Crippen molar-refractivity contribution in [3.05, 3.63) is 109 Å². The molecule has 0 bridgehead atoms. The summed E-state index contributed by atoms with van der Waals surface area (Å²) >= 11 is 0. The highest BCUT2D eigenvalue weighted by Gasteiger charge is 2.35. The minimum Gasteiger partial charge on any atom is -0.344 e. The van der Waals surface area contributed by atoms with Crippen LogP contribution in [0.3, 0.4) is 0 Å². The Morgan fingerprint density at radius 3 is 2.24 bits per heavy atom. The zero-order valence-corrected chi connectivity index (χ0v) is 20.8. The van der Waals surface area contributed by atoms with Gasteiger partial charge in [-0.3, -0.25) is 24.0 Å². The maximum Gasteiger partial charge on any atom is 0.289 e. The largest absolute Gasteiger partial charge is 0.344 e. The molecule has 4 aromatic rings. The minimum atomic E-state index is -1.12. The van der Waals surface area contributed by atoms with E-state index >= 15 is 0 Å². The first-order chi connectivity index (χ1) is 17.8. The molecule has 2 heterocycles. The van der Waals surface area contributed by atoms with Crippen LogP contribution >= 0.6 is 0 Å². The van der Waals surface area contributed by atoms with E-state index in [2.05, 4.69) is 20.7 Å². The molecule has 2 aromatic heterocycles. The molecule has 2 N–H and O–H groups in total. The van der Waals surface area contributed by atoms with Crippen LogP contribution in [0.1, 0.15) is 25.1 Å². The normalized spacial score (nSPS) is 11.9. The molecule has 0 aliphatic carbocycles. The summed E-state index contributed by atoms with van der Waals surface area (Å²) in [6, 6.07) is 23.3. The van der Waals surface area contributed by atoms with Gasteiger partial charge in [0.2, 0.25) is 11.7 Å². The molecular weight excluding hydrogens is 466 g/mol. The average Bonchev–Trinajstić information content (AvgIpc) is 3.44. The Hall–Kier alpha value is -4.59. The zero-order chi connectivity index (χ0) is 26.3. The summed E-state index contributed by atoms with van der Waals surface area (Å²) in [5.41, 5.74) is 2.18. The number of hydrogen-bond acceptors (Lipinski definition) is 5. The van der Waals surface area contributed by atoms with Crippen LogP contribution in [0.25, 0.3) is 11.1 Å². The van der Waals surface area contributed by atoms with Crippen molar-refractivity contribution >= 4 is 17.6 Å². The van der Waals surface area contributed by atoms with Gasteiger partial charge >= 0.3 is 0 Å². The topological polar surface area (TPSA) is 106 Å². The van der Waals surface area contributed by atoms with Crippen LogP contribution in [-0.4, -0.2) is 38.4 Å². The van der Waals surface area contributed by atoms with Crippen molar-refractivity contribution in [2.75, 3.05) is 0 Å². The quantitative estimate of drug-likeness (QED) is 0.329. The second kappa shape index (κ2) is 11.4. The van der Waals surface area contributed by atoms with E-state index < -0.39 is 29.2 Å². The van der Waals surface area contributed by atoms with Crippen molar-refractivity contribution in [1.82, 2.24) is 25.4 Å². The van der Waals surface area contributed by atoms with E-state index in [-0.39, 0.29) is 13.0 Å². The molecule has 0 fully saturated rings. The number of carbonyl (C=O) groups excluding carboxylic acids is 3. The lowest BCUT2D eigenvalue weighted by Gasteiger charge is -2.27. The number of carbonyl (C=O) groups is 3. The van der Waals surface area contributed by atoms with E-state index in [4.69, 9.17) is 0 Å². The zero-order valence-electron chi connectivity index (χ0n) is 20.8. The molecule has 188 valence electrons. The first-order valence-electron chi connectivity index (χ1n) is 12.0. The van der Waals surface area contributed by atoms with Crippen molar-refractivity contribution in [3.63, 3.8) is 0 Å². The lowest BCUT2D eigenvalue weighted by atomic mass is 9.98. The van der Waals surface area contributed by atoms with Crippen LogP contribution in [0.15, 0.2) is 97.5 Å². The smallest absolute Gasteiger partial charge is 0.289 e. The summed E-state index contributed by atoms with van der Waals surface area (Å²) in [5.74, 6) is -1.94. The molecule has 8 heteroatoms. The molecule has 0 saturated carbocycles. The molecule has 1 unspecified atom stereocenters. The van der Waals surface area contributed by atoms with E-state index in [1.54, 1.807) is 55.3 Å². The molecule has 2 aromatic carbocycles. The third kappa shape index (κ3) is 6.35. The van der Waals surface area contributed by atoms with Crippen molar-refractivity contribution < 1.29 is 14.4 Å². The van der Waals surface area contributed by atoms with Gasteiger partial charge in [0.25, 0.3) is 5.91 Å². The lowest BCUT2D eigenvalue weighted by Crippen LogP contribution is -2.54. The molecule has 4 rings (SSSR count). The second-order valence-electron chi connectivity index (χ2n) is 9.18. The van der Waals surface area contributed by atoms with Crippen molar-refractivity contribution in [3.8, 4) is 11.1 Å². The Bertz CT molecular complexity index is 1350. The van der Waals surface area contributed by atoms with E-state index in [1.807, 2.05) is 60.7 Å². The predicted octanol–water partition coefficient (Wildman–Crippen LogP) is 3.29. The standard InChI is InChI=1S/C29H29N5O3/c1-29(2,34-20-23(18-32-34)22-13-7-4-8-14-22)28(37)33-25(17-21-11-5-3-6-12-21)26(35)27(36)31-19-24-15-9-10-16-30-24/h3-16,18,20,25H,17,19H2,1-2H3,(H,31,36)(H,33,37). The summed E-state index contributed by atoms with van der Waals surface area (Å²) in [6.07, 6.45) is 5.28. The van der Waals surface area contributed by atoms with Crippen molar-refractivity contribution in [2.45, 2.75) is 38.4 Å². The van der Waals surface area contributed by atoms with Crippen LogP contribution in [-0.2, 0) is 32.9 Å². The number of Topliss-reactive ketones (excluding diaryl/α,β-unsaturated/α-hetero) is 1. The Morgan fingerprint density at radius 1 is 0.892 bits per heavy atom. The van der Waals surface area contributed by atoms with Crippen molar-refractivity contribution in [1.29, 1.82) is 0 Å². The third-order valence-corrected chi connectivity index (χ3v) is 6.10. The van der Waals surface area contributed by atoms with E-state index in [0.717, 1.165) is 16.7 Å². The maximum absolute atomic E-state index is 13.5. The monoisotopic (exact) mass is 495 g/mol. The first kappa shape index (κ1) is 25.5. The highest BCUT2D eigenvalue weighted by molar-refractivity contribution is 6.38. The SMILES string of the molecule is CC(C)(C(=O)NC(Cc1ccccc1)C(=O)C(=O)NCc1ccccn1)n1cc(-c2ccccc2)cn1. The Labute approximate surface area is 215 Å². The molecule has 0 saturated heterocycles. The fourth-order valence-corrected chi connectivity index (χ4v) is 3.83. The van der Waals surface area contributed by atoms with E-state index in [1.165, 1.54) is 0 Å². The molecule has 2 amide bonds. The summed E-state index contributed by atoms with van der Waals surface area (Å²) < 4.78 is 1.57. The third-order valence-electron chi connectivity index (χ3n) is 6.10. The molecule has 0 spiro atoms. The number of ketones is 1. The van der Waals surface area contributed by atoms with E-state index in [0.29, 0.717) is 5.69 Å². The minimum absolute atomic E-state index is 0.110. The van der Waals surface area contributed by atoms with Crippen LogP contribution < -0.4 is 10.6 Å².